The van der Waals surface area contributed by atoms with Crippen LogP contribution in [0.15, 0.2) is 60.7 Å². The first-order chi connectivity index (χ1) is 16.1. The van der Waals surface area contributed by atoms with E-state index in [1.165, 1.54) is 0 Å². The Balaban J connectivity index is 1.54. The quantitative estimate of drug-likeness (QED) is 0.583. The average molecular weight is 443 g/mol. The number of hydrogen-bond acceptors (Lipinski definition) is 4. The number of nitrogens with zero attached hydrogens (tertiary/aromatic N) is 2. The highest BCUT2D eigenvalue weighted by atomic mass is 16.5. The van der Waals surface area contributed by atoms with Gasteiger partial charge in [0.15, 0.2) is 0 Å². The molecule has 0 aliphatic carbocycles. The van der Waals surface area contributed by atoms with E-state index in [1.54, 1.807) is 24.3 Å². The van der Waals surface area contributed by atoms with Crippen LogP contribution in [-0.4, -0.2) is 23.0 Å². The van der Waals surface area contributed by atoms with Gasteiger partial charge in [0.1, 0.15) is 5.69 Å². The van der Waals surface area contributed by atoms with Gasteiger partial charge in [0.05, 0.1) is 42.1 Å². The van der Waals surface area contributed by atoms with Crippen molar-refractivity contribution in [3.8, 4) is 6.07 Å². The van der Waals surface area contributed by atoms with Crippen LogP contribution in [0.3, 0.4) is 0 Å². The molecule has 1 aliphatic heterocycles. The van der Waals surface area contributed by atoms with Crippen LogP contribution in [0.1, 0.15) is 62.6 Å². The Morgan fingerprint density at radius 1 is 1.12 bits per heavy atom. The van der Waals surface area contributed by atoms with Crippen LogP contribution in [0.2, 0.25) is 0 Å². The lowest BCUT2D eigenvalue weighted by Crippen LogP contribution is -2.30. The normalized spacial score (nSPS) is 13.5. The number of hydrogen-bond donors (Lipinski definition) is 2. The van der Waals surface area contributed by atoms with Crippen molar-refractivity contribution in [2.24, 2.45) is 0 Å². The van der Waals surface area contributed by atoms with Gasteiger partial charge in [-0.05, 0) is 35.7 Å². The first kappa shape index (κ1) is 22.3. The molecule has 0 saturated carbocycles. The van der Waals surface area contributed by atoms with E-state index < -0.39 is 0 Å². The number of benzene rings is 2. The first-order valence-corrected chi connectivity index (χ1v) is 11.0. The summed E-state index contributed by atoms with van der Waals surface area (Å²) in [6, 6.07) is 20.6. The van der Waals surface area contributed by atoms with Crippen molar-refractivity contribution in [2.45, 2.75) is 39.1 Å². The van der Waals surface area contributed by atoms with Crippen molar-refractivity contribution < 1.29 is 14.3 Å². The third-order valence-electron chi connectivity index (χ3n) is 5.81. The molecule has 2 aromatic carbocycles. The highest BCUT2D eigenvalue weighted by Crippen LogP contribution is 2.23. The van der Waals surface area contributed by atoms with E-state index in [-0.39, 0.29) is 24.5 Å². The van der Waals surface area contributed by atoms with Crippen molar-refractivity contribution in [2.75, 3.05) is 6.61 Å². The molecule has 0 saturated heterocycles. The largest absolute Gasteiger partial charge is 0.373 e. The minimum Gasteiger partial charge on any atom is -0.373 e. The Bertz CT molecular complexity index is 1190. The zero-order valence-electron chi connectivity index (χ0n) is 18.5. The molecule has 1 atom stereocenters. The van der Waals surface area contributed by atoms with Crippen LogP contribution < -0.4 is 10.6 Å². The fourth-order valence-corrected chi connectivity index (χ4v) is 4.08. The number of aromatic nitrogens is 1. The van der Waals surface area contributed by atoms with Crippen molar-refractivity contribution >= 4 is 11.8 Å². The van der Waals surface area contributed by atoms with Crippen molar-refractivity contribution in [3.63, 3.8) is 0 Å². The van der Waals surface area contributed by atoms with Gasteiger partial charge in [0.25, 0.3) is 11.8 Å². The first-order valence-electron chi connectivity index (χ1n) is 11.0. The fourth-order valence-electron chi connectivity index (χ4n) is 4.08. The molecule has 0 fully saturated rings. The van der Waals surface area contributed by atoms with E-state index in [9.17, 15) is 9.59 Å². The molecule has 1 aliphatic rings. The lowest BCUT2D eigenvalue weighted by molar-refractivity contribution is 0.0776. The van der Waals surface area contributed by atoms with Gasteiger partial charge < -0.3 is 19.9 Å². The third-order valence-corrected chi connectivity index (χ3v) is 5.81. The predicted octanol–water partition coefficient (Wildman–Crippen LogP) is 3.70. The SMILES string of the molecule is CCC(NC(=O)c1cc(C(=O)NCc2cccc(C#N)c2)n2c1COCC2)c1ccccc1. The highest BCUT2D eigenvalue weighted by Gasteiger charge is 2.27. The van der Waals surface area contributed by atoms with Gasteiger partial charge in [0, 0.05) is 13.1 Å². The van der Waals surface area contributed by atoms with Gasteiger partial charge >= 0.3 is 0 Å². The van der Waals surface area contributed by atoms with Crippen LogP contribution in [0.25, 0.3) is 0 Å². The molecular formula is C26H26N4O3. The summed E-state index contributed by atoms with van der Waals surface area (Å²) in [6.45, 7) is 3.58. The molecule has 0 spiro atoms. The molecular weight excluding hydrogens is 416 g/mol. The summed E-state index contributed by atoms with van der Waals surface area (Å²) in [4.78, 5) is 26.2. The molecule has 2 amide bonds. The molecule has 33 heavy (non-hydrogen) atoms. The van der Waals surface area contributed by atoms with Crippen LogP contribution in [0.5, 0.6) is 0 Å². The second kappa shape index (κ2) is 10.2. The maximum Gasteiger partial charge on any atom is 0.268 e. The monoisotopic (exact) mass is 442 g/mol. The average Bonchev–Trinajstić information content (AvgIpc) is 3.26. The molecule has 7 heteroatoms. The second-order valence-electron chi connectivity index (χ2n) is 7.93. The van der Waals surface area contributed by atoms with E-state index in [2.05, 4.69) is 16.7 Å². The molecule has 2 heterocycles. The van der Waals surface area contributed by atoms with Crippen LogP contribution in [-0.2, 0) is 24.4 Å². The van der Waals surface area contributed by atoms with Gasteiger partial charge in [-0.25, -0.2) is 0 Å². The number of fused-ring (bicyclic) bond motifs is 1. The summed E-state index contributed by atoms with van der Waals surface area (Å²) in [7, 11) is 0. The predicted molar refractivity (Wildman–Crippen MR) is 123 cm³/mol. The van der Waals surface area contributed by atoms with Crippen LogP contribution in [0.4, 0.5) is 0 Å². The van der Waals surface area contributed by atoms with Gasteiger partial charge in [-0.2, -0.15) is 5.26 Å². The lowest BCUT2D eigenvalue weighted by atomic mass is 10.0. The van der Waals surface area contributed by atoms with Gasteiger partial charge in [-0.3, -0.25) is 9.59 Å². The Labute approximate surface area is 193 Å². The third kappa shape index (κ3) is 4.97. The molecule has 7 nitrogen and oxygen atoms in total. The molecule has 1 aromatic heterocycles. The summed E-state index contributed by atoms with van der Waals surface area (Å²) in [6.07, 6.45) is 0.747. The number of nitriles is 1. The Hall–Kier alpha value is -3.89. The Kier molecular flexibility index (Phi) is 6.86. The number of amides is 2. The molecule has 3 aromatic rings. The minimum absolute atomic E-state index is 0.122. The summed E-state index contributed by atoms with van der Waals surface area (Å²) in [5, 5.41) is 15.1. The van der Waals surface area contributed by atoms with Crippen molar-refractivity contribution in [1.29, 1.82) is 5.26 Å². The molecule has 168 valence electrons. The number of carbonyl (C=O) groups is 2. The lowest BCUT2D eigenvalue weighted by Gasteiger charge is -2.20. The number of rotatable bonds is 7. The maximum atomic E-state index is 13.2. The summed E-state index contributed by atoms with van der Waals surface area (Å²) in [5.74, 6) is -0.490. The van der Waals surface area contributed by atoms with E-state index in [4.69, 9.17) is 10.00 Å². The molecule has 2 N–H and O–H groups in total. The molecule has 4 rings (SSSR count). The zero-order chi connectivity index (χ0) is 23.2. The molecule has 0 radical (unpaired) electrons. The standard InChI is InChI=1S/C26H26N4O3/c1-2-22(20-9-4-3-5-10-20)29-25(31)21-14-23(30-11-12-33-17-24(21)30)26(32)28-16-19-8-6-7-18(13-19)15-27/h3-10,13-14,22H,2,11-12,16-17H2,1H3,(H,28,32)(H,29,31). The van der Waals surface area contributed by atoms with Gasteiger partial charge in [0.2, 0.25) is 0 Å². The van der Waals surface area contributed by atoms with Gasteiger partial charge in [-0.1, -0.05) is 49.4 Å². The number of carbonyl (C=O) groups excluding carboxylic acids is 2. The van der Waals surface area contributed by atoms with E-state index in [0.717, 1.165) is 17.5 Å². The van der Waals surface area contributed by atoms with E-state index >= 15 is 0 Å². The fraction of sp³-hybridized carbons (Fsp3) is 0.269. The van der Waals surface area contributed by atoms with Crippen molar-refractivity contribution in [1.82, 2.24) is 15.2 Å². The summed E-state index contributed by atoms with van der Waals surface area (Å²) >= 11 is 0. The Morgan fingerprint density at radius 2 is 1.94 bits per heavy atom. The zero-order valence-corrected chi connectivity index (χ0v) is 18.5. The molecule has 1 unspecified atom stereocenters. The van der Waals surface area contributed by atoms with Crippen LogP contribution >= 0.6 is 0 Å². The summed E-state index contributed by atoms with van der Waals surface area (Å²) in [5.41, 5.74) is 4.02. The Morgan fingerprint density at radius 3 is 2.70 bits per heavy atom. The van der Waals surface area contributed by atoms with E-state index in [1.807, 2.05) is 47.9 Å². The van der Waals surface area contributed by atoms with E-state index in [0.29, 0.717) is 42.2 Å². The number of ether oxygens (including phenoxy) is 1. The van der Waals surface area contributed by atoms with Crippen LogP contribution in [0, 0.1) is 11.3 Å². The highest BCUT2D eigenvalue weighted by molar-refractivity contribution is 6.00. The minimum atomic E-state index is -0.269. The summed E-state index contributed by atoms with van der Waals surface area (Å²) < 4.78 is 7.45. The number of nitrogens with one attached hydrogen (secondary N) is 2. The topological polar surface area (TPSA) is 96.2 Å². The second-order valence-corrected chi connectivity index (χ2v) is 7.93. The molecule has 0 bridgehead atoms. The van der Waals surface area contributed by atoms with Gasteiger partial charge in [-0.15, -0.1) is 0 Å². The van der Waals surface area contributed by atoms with Crippen molar-refractivity contribution in [3.05, 3.63) is 94.3 Å². The smallest absolute Gasteiger partial charge is 0.268 e. The maximum absolute atomic E-state index is 13.2.